The largest absolute Gasteiger partial charge is 0.490 e. The summed E-state index contributed by atoms with van der Waals surface area (Å²) in [7, 11) is 1.80. The van der Waals surface area contributed by atoms with E-state index in [1.54, 1.807) is 7.11 Å². The van der Waals surface area contributed by atoms with Gasteiger partial charge < -0.3 is 14.8 Å². The zero-order valence-corrected chi connectivity index (χ0v) is 12.0. The lowest BCUT2D eigenvalue weighted by Crippen LogP contribution is -2.29. The van der Waals surface area contributed by atoms with Gasteiger partial charge in [0.2, 0.25) is 0 Å². The molecule has 0 amide bonds. The molecule has 2 atom stereocenters. The molecule has 1 saturated carbocycles. The molecular formula is C16H25NO2. The van der Waals surface area contributed by atoms with Gasteiger partial charge in [-0.2, -0.15) is 0 Å². The number of ether oxygens (including phenoxy) is 2. The third-order valence-corrected chi connectivity index (χ3v) is 3.74. The zero-order chi connectivity index (χ0) is 13.5. The number of hydrogen-bond acceptors (Lipinski definition) is 3. The summed E-state index contributed by atoms with van der Waals surface area (Å²) >= 11 is 0. The van der Waals surface area contributed by atoms with E-state index < -0.39 is 0 Å². The first-order valence-corrected chi connectivity index (χ1v) is 7.31. The lowest BCUT2D eigenvalue weighted by molar-refractivity contribution is 0.0206. The fourth-order valence-electron chi connectivity index (χ4n) is 2.63. The molecule has 2 rings (SSSR count). The normalized spacial score (nSPS) is 23.3. The first-order valence-electron chi connectivity index (χ1n) is 7.31. The zero-order valence-electron chi connectivity index (χ0n) is 12.0. The van der Waals surface area contributed by atoms with Crippen molar-refractivity contribution in [3.63, 3.8) is 0 Å². The van der Waals surface area contributed by atoms with Crippen LogP contribution >= 0.6 is 0 Å². The Kier molecular flexibility index (Phi) is 5.67. The summed E-state index contributed by atoms with van der Waals surface area (Å²) < 4.78 is 11.7. The molecule has 2 unspecified atom stereocenters. The molecule has 0 saturated heterocycles. The third kappa shape index (κ3) is 4.22. The minimum absolute atomic E-state index is 0.293. The van der Waals surface area contributed by atoms with Gasteiger partial charge in [-0.15, -0.1) is 0 Å². The van der Waals surface area contributed by atoms with Gasteiger partial charge >= 0.3 is 0 Å². The van der Waals surface area contributed by atoms with Crippen molar-refractivity contribution in [3.05, 3.63) is 29.8 Å². The van der Waals surface area contributed by atoms with Crippen LogP contribution in [0.3, 0.4) is 0 Å². The maximum atomic E-state index is 6.20. The van der Waals surface area contributed by atoms with E-state index in [1.807, 2.05) is 6.07 Å². The second-order valence-corrected chi connectivity index (χ2v) is 5.15. The highest BCUT2D eigenvalue weighted by Crippen LogP contribution is 2.27. The van der Waals surface area contributed by atoms with Crippen LogP contribution in [0.2, 0.25) is 0 Å². The molecular weight excluding hydrogens is 238 g/mol. The number of nitrogens with one attached hydrogen (secondary N) is 1. The molecule has 1 aliphatic carbocycles. The molecule has 0 bridgehead atoms. The molecule has 0 aliphatic heterocycles. The van der Waals surface area contributed by atoms with Crippen LogP contribution in [-0.4, -0.2) is 25.9 Å². The van der Waals surface area contributed by atoms with Gasteiger partial charge in [0.15, 0.2) is 0 Å². The Labute approximate surface area is 116 Å². The first kappa shape index (κ1) is 14.4. The number of rotatable bonds is 6. The Balaban J connectivity index is 1.97. The van der Waals surface area contributed by atoms with E-state index >= 15 is 0 Å². The molecule has 0 heterocycles. The van der Waals surface area contributed by atoms with Crippen LogP contribution in [-0.2, 0) is 11.3 Å². The Hall–Kier alpha value is -1.06. The molecule has 1 aromatic carbocycles. The van der Waals surface area contributed by atoms with Crippen LogP contribution in [0.4, 0.5) is 0 Å². The van der Waals surface area contributed by atoms with Crippen molar-refractivity contribution in [2.45, 2.75) is 51.4 Å². The van der Waals surface area contributed by atoms with Crippen LogP contribution < -0.4 is 10.1 Å². The van der Waals surface area contributed by atoms with Crippen molar-refractivity contribution in [2.75, 3.05) is 13.7 Å². The Morgan fingerprint density at radius 1 is 1.21 bits per heavy atom. The van der Waals surface area contributed by atoms with Gasteiger partial charge in [0.05, 0.1) is 6.10 Å². The predicted octanol–water partition coefficient (Wildman–Crippen LogP) is 3.13. The highest BCUT2D eigenvalue weighted by Gasteiger charge is 2.23. The van der Waals surface area contributed by atoms with Gasteiger partial charge in [0, 0.05) is 25.6 Å². The van der Waals surface area contributed by atoms with Crippen molar-refractivity contribution in [1.29, 1.82) is 0 Å². The summed E-state index contributed by atoms with van der Waals surface area (Å²) in [5.41, 5.74) is 1.24. The van der Waals surface area contributed by atoms with Crippen molar-refractivity contribution >= 4 is 0 Å². The number of benzene rings is 1. The van der Waals surface area contributed by atoms with E-state index in [0.717, 1.165) is 38.1 Å². The van der Waals surface area contributed by atoms with Gasteiger partial charge in [-0.05, 0) is 31.9 Å². The molecule has 106 valence electrons. The molecule has 1 aromatic rings. The summed E-state index contributed by atoms with van der Waals surface area (Å²) in [6.45, 7) is 3.96. The molecule has 1 aliphatic rings. The fourth-order valence-corrected chi connectivity index (χ4v) is 2.63. The van der Waals surface area contributed by atoms with E-state index in [1.165, 1.54) is 12.0 Å². The Morgan fingerprint density at radius 2 is 2.00 bits per heavy atom. The molecule has 0 aromatic heterocycles. The average Bonchev–Trinajstić information content (AvgIpc) is 2.46. The van der Waals surface area contributed by atoms with Crippen molar-refractivity contribution in [3.8, 4) is 5.75 Å². The van der Waals surface area contributed by atoms with E-state index in [-0.39, 0.29) is 0 Å². The standard InChI is InChI=1S/C16H25NO2/c1-3-17-12-13-7-4-5-10-16(13)19-15-9-6-8-14(11-15)18-2/h4-5,7,10,14-15,17H,3,6,8-9,11-12H2,1-2H3. The number of hydrogen-bond donors (Lipinski definition) is 1. The molecule has 1 N–H and O–H groups in total. The molecule has 3 heteroatoms. The van der Waals surface area contributed by atoms with Gasteiger partial charge in [-0.3, -0.25) is 0 Å². The molecule has 1 fully saturated rings. The summed E-state index contributed by atoms with van der Waals surface area (Å²) in [5.74, 6) is 1.02. The predicted molar refractivity (Wildman–Crippen MR) is 77.5 cm³/mol. The minimum Gasteiger partial charge on any atom is -0.490 e. The summed E-state index contributed by atoms with van der Waals surface area (Å²) in [5, 5.41) is 3.36. The maximum absolute atomic E-state index is 6.20. The second kappa shape index (κ2) is 7.51. The Morgan fingerprint density at radius 3 is 2.79 bits per heavy atom. The van der Waals surface area contributed by atoms with Crippen LogP contribution in [0.5, 0.6) is 5.75 Å². The number of methoxy groups -OCH3 is 1. The van der Waals surface area contributed by atoms with Crippen LogP contribution in [0.15, 0.2) is 24.3 Å². The van der Waals surface area contributed by atoms with E-state index in [9.17, 15) is 0 Å². The van der Waals surface area contributed by atoms with E-state index in [2.05, 4.69) is 30.4 Å². The Bertz CT molecular complexity index is 381. The summed E-state index contributed by atoms with van der Waals surface area (Å²) in [6.07, 6.45) is 5.15. The lowest BCUT2D eigenvalue weighted by atomic mass is 9.95. The van der Waals surface area contributed by atoms with Crippen molar-refractivity contribution < 1.29 is 9.47 Å². The monoisotopic (exact) mass is 263 g/mol. The van der Waals surface area contributed by atoms with Crippen LogP contribution in [0.1, 0.15) is 38.2 Å². The van der Waals surface area contributed by atoms with Crippen LogP contribution in [0.25, 0.3) is 0 Å². The smallest absolute Gasteiger partial charge is 0.124 e. The molecule has 3 nitrogen and oxygen atoms in total. The summed E-state index contributed by atoms with van der Waals surface area (Å²) in [4.78, 5) is 0. The van der Waals surface area contributed by atoms with Gasteiger partial charge in [-0.25, -0.2) is 0 Å². The van der Waals surface area contributed by atoms with Gasteiger partial charge in [-0.1, -0.05) is 25.1 Å². The van der Waals surface area contributed by atoms with Gasteiger partial charge in [0.25, 0.3) is 0 Å². The van der Waals surface area contributed by atoms with Gasteiger partial charge in [0.1, 0.15) is 11.9 Å². The highest BCUT2D eigenvalue weighted by molar-refractivity contribution is 5.33. The van der Waals surface area contributed by atoms with Crippen LogP contribution in [0, 0.1) is 0 Å². The van der Waals surface area contributed by atoms with Crippen molar-refractivity contribution in [1.82, 2.24) is 5.32 Å². The minimum atomic E-state index is 0.293. The third-order valence-electron chi connectivity index (χ3n) is 3.74. The molecule has 19 heavy (non-hydrogen) atoms. The average molecular weight is 263 g/mol. The molecule has 0 radical (unpaired) electrons. The SMILES string of the molecule is CCNCc1ccccc1OC1CCCC(OC)C1. The number of para-hydroxylation sites is 1. The highest BCUT2D eigenvalue weighted by atomic mass is 16.5. The quantitative estimate of drug-likeness (QED) is 0.855. The van der Waals surface area contributed by atoms with Crippen molar-refractivity contribution in [2.24, 2.45) is 0 Å². The second-order valence-electron chi connectivity index (χ2n) is 5.15. The lowest BCUT2D eigenvalue weighted by Gasteiger charge is -2.29. The van der Waals surface area contributed by atoms with E-state index in [0.29, 0.717) is 12.2 Å². The fraction of sp³-hybridized carbons (Fsp3) is 0.625. The first-order chi connectivity index (χ1) is 9.33. The molecule has 0 spiro atoms. The summed E-state index contributed by atoms with van der Waals surface area (Å²) in [6, 6.07) is 8.32. The van der Waals surface area contributed by atoms with E-state index in [4.69, 9.17) is 9.47 Å². The topological polar surface area (TPSA) is 30.5 Å². The maximum Gasteiger partial charge on any atom is 0.124 e.